The molecule has 0 amide bonds. The van der Waals surface area contributed by atoms with Gasteiger partial charge in [0.25, 0.3) is 5.54 Å². The third kappa shape index (κ3) is 2.43. The first kappa shape index (κ1) is 18.9. The molecule has 158 valence electrons. The van der Waals surface area contributed by atoms with Crippen LogP contribution in [0.5, 0.6) is 0 Å². The second-order valence-electron chi connectivity index (χ2n) is 8.53. The van der Waals surface area contributed by atoms with Crippen molar-refractivity contribution in [2.24, 2.45) is 5.92 Å². The van der Waals surface area contributed by atoms with E-state index in [1.165, 1.54) is 0 Å². The largest absolute Gasteiger partial charge is 0.497 e. The van der Waals surface area contributed by atoms with Gasteiger partial charge in [-0.15, -0.1) is 0 Å². The number of fused-ring (bicyclic) bond motifs is 3. The van der Waals surface area contributed by atoms with Gasteiger partial charge in [-0.25, -0.2) is 19.7 Å². The molecule has 1 saturated heterocycles. The fraction of sp³-hybridized carbons (Fsp3) is 0.375. The van der Waals surface area contributed by atoms with E-state index in [0.29, 0.717) is 50.2 Å². The maximum Gasteiger partial charge on any atom is 0.268 e. The Balaban J connectivity index is 1.47. The van der Waals surface area contributed by atoms with Gasteiger partial charge in [0.15, 0.2) is 5.79 Å². The molecule has 7 heteroatoms. The van der Waals surface area contributed by atoms with Gasteiger partial charge in [-0.05, 0) is 11.1 Å². The zero-order valence-corrected chi connectivity index (χ0v) is 16.5. The second-order valence-corrected chi connectivity index (χ2v) is 8.53. The van der Waals surface area contributed by atoms with Crippen molar-refractivity contribution in [2.75, 3.05) is 13.2 Å². The summed E-state index contributed by atoms with van der Waals surface area (Å²) in [6, 6.07) is 6.44. The minimum Gasteiger partial charge on any atom is -0.497 e. The highest BCUT2D eigenvalue weighted by Gasteiger charge is 2.67. The van der Waals surface area contributed by atoms with Crippen LogP contribution in [0.25, 0.3) is 16.0 Å². The van der Waals surface area contributed by atoms with Crippen molar-refractivity contribution < 1.29 is 27.4 Å². The van der Waals surface area contributed by atoms with E-state index in [1.807, 2.05) is 0 Å². The van der Waals surface area contributed by atoms with Crippen LogP contribution in [0.2, 0.25) is 0 Å². The number of rotatable bonds is 1. The predicted molar refractivity (Wildman–Crippen MR) is 104 cm³/mol. The van der Waals surface area contributed by atoms with Gasteiger partial charge in [-0.2, -0.15) is 0 Å². The summed E-state index contributed by atoms with van der Waals surface area (Å²) in [4.78, 5) is 4.11. The molecule has 2 aromatic rings. The summed E-state index contributed by atoms with van der Waals surface area (Å²) in [6.07, 6.45) is 2.97. The topological polar surface area (TPSA) is 32.0 Å². The summed E-state index contributed by atoms with van der Waals surface area (Å²) in [6.45, 7) is 9.14. The SMILES string of the molecule is [C-]#[N+]C12CCC3(OCCO3)C3=COC(Cc4cc(-c5c(F)cc(F)cc5F)ccc41)C32. The van der Waals surface area contributed by atoms with Crippen LogP contribution in [-0.4, -0.2) is 25.1 Å². The van der Waals surface area contributed by atoms with E-state index in [0.717, 1.165) is 16.7 Å². The van der Waals surface area contributed by atoms with E-state index < -0.39 is 28.8 Å². The van der Waals surface area contributed by atoms with Gasteiger partial charge in [0, 0.05) is 42.5 Å². The monoisotopic (exact) mass is 425 g/mol. The van der Waals surface area contributed by atoms with Crippen molar-refractivity contribution in [3.63, 3.8) is 0 Å². The minimum atomic E-state index is -0.961. The van der Waals surface area contributed by atoms with Crippen molar-refractivity contribution in [1.82, 2.24) is 0 Å². The Hall–Kier alpha value is -2.82. The molecule has 3 unspecified atom stereocenters. The zero-order valence-electron chi connectivity index (χ0n) is 16.5. The average molecular weight is 425 g/mol. The fourth-order valence-electron chi connectivity index (χ4n) is 5.85. The Labute approximate surface area is 177 Å². The van der Waals surface area contributed by atoms with Crippen LogP contribution in [0, 0.1) is 29.9 Å². The molecule has 4 aliphatic rings. The standard InChI is InChI=1S/C24H18F3NO3/c1-28-23-4-5-24(30-6-7-31-24)17-12-29-20(22(17)23)9-14-8-13(2-3-16(14)23)21-18(26)10-15(25)11-19(21)27/h2-3,8,10-12,20,22H,4-7,9H2. The van der Waals surface area contributed by atoms with Crippen LogP contribution in [-0.2, 0) is 26.2 Å². The van der Waals surface area contributed by atoms with Gasteiger partial charge < -0.3 is 19.1 Å². The van der Waals surface area contributed by atoms with Gasteiger partial charge in [0.2, 0.25) is 0 Å². The molecule has 0 radical (unpaired) electrons. The normalized spacial score (nSPS) is 29.7. The first-order valence-corrected chi connectivity index (χ1v) is 10.3. The van der Waals surface area contributed by atoms with Crippen molar-refractivity contribution >= 4 is 0 Å². The van der Waals surface area contributed by atoms with Gasteiger partial charge in [0.1, 0.15) is 29.5 Å². The highest BCUT2D eigenvalue weighted by molar-refractivity contribution is 5.67. The Morgan fingerprint density at radius 3 is 2.45 bits per heavy atom. The lowest BCUT2D eigenvalue weighted by Gasteiger charge is -2.46. The third-order valence-electron chi connectivity index (χ3n) is 7.11. The molecule has 0 N–H and O–H groups in total. The van der Waals surface area contributed by atoms with Gasteiger partial charge >= 0.3 is 0 Å². The summed E-state index contributed by atoms with van der Waals surface area (Å²) in [5, 5.41) is 0. The molecule has 31 heavy (non-hydrogen) atoms. The van der Waals surface area contributed by atoms with Crippen LogP contribution >= 0.6 is 0 Å². The Morgan fingerprint density at radius 1 is 1.00 bits per heavy atom. The molecule has 1 spiro atoms. The first-order chi connectivity index (χ1) is 15.0. The van der Waals surface area contributed by atoms with Gasteiger partial charge in [-0.3, -0.25) is 0 Å². The van der Waals surface area contributed by atoms with E-state index in [-0.39, 0.29) is 17.6 Å². The van der Waals surface area contributed by atoms with Crippen molar-refractivity contribution in [3.05, 3.63) is 82.2 Å². The van der Waals surface area contributed by atoms with Crippen LogP contribution in [0.1, 0.15) is 24.0 Å². The number of nitrogens with zero attached hydrogens (tertiary/aromatic N) is 1. The quantitative estimate of drug-likeness (QED) is 0.611. The second kappa shape index (κ2) is 6.35. The van der Waals surface area contributed by atoms with Crippen molar-refractivity contribution in [1.29, 1.82) is 0 Å². The maximum absolute atomic E-state index is 14.4. The Morgan fingerprint density at radius 2 is 1.74 bits per heavy atom. The van der Waals surface area contributed by atoms with E-state index in [9.17, 15) is 13.2 Å². The lowest BCUT2D eigenvalue weighted by Crippen LogP contribution is -2.53. The highest BCUT2D eigenvalue weighted by Crippen LogP contribution is 2.60. The maximum atomic E-state index is 14.4. The zero-order chi connectivity index (χ0) is 21.4. The predicted octanol–water partition coefficient (Wildman–Crippen LogP) is 4.88. The number of hydrogen-bond donors (Lipinski definition) is 0. The Kier molecular flexibility index (Phi) is 3.87. The fourth-order valence-corrected chi connectivity index (χ4v) is 5.85. The summed E-state index contributed by atoms with van der Waals surface area (Å²) < 4.78 is 60.0. The molecule has 2 aromatic carbocycles. The lowest BCUT2D eigenvalue weighted by molar-refractivity contribution is -0.155. The van der Waals surface area contributed by atoms with Crippen molar-refractivity contribution in [3.8, 4) is 11.1 Å². The van der Waals surface area contributed by atoms with E-state index in [4.69, 9.17) is 20.8 Å². The minimum absolute atomic E-state index is 0.200. The highest BCUT2D eigenvalue weighted by atomic mass is 19.1. The summed E-state index contributed by atoms with van der Waals surface area (Å²) in [7, 11) is 0. The molecule has 1 saturated carbocycles. The van der Waals surface area contributed by atoms with Crippen LogP contribution in [0.3, 0.4) is 0 Å². The van der Waals surface area contributed by atoms with Gasteiger partial charge in [-0.1, -0.05) is 18.2 Å². The van der Waals surface area contributed by atoms with Crippen LogP contribution < -0.4 is 0 Å². The molecule has 0 bridgehead atoms. The number of hydrogen-bond acceptors (Lipinski definition) is 3. The summed E-state index contributed by atoms with van der Waals surface area (Å²) in [5.74, 6) is -3.89. The van der Waals surface area contributed by atoms with E-state index in [2.05, 4.69) is 4.85 Å². The first-order valence-electron chi connectivity index (χ1n) is 10.3. The molecule has 2 aliphatic carbocycles. The van der Waals surface area contributed by atoms with E-state index >= 15 is 0 Å². The summed E-state index contributed by atoms with van der Waals surface area (Å²) in [5.41, 5.74) is 1.73. The molecule has 6 rings (SSSR count). The average Bonchev–Trinajstić information content (AvgIpc) is 3.38. The third-order valence-corrected chi connectivity index (χ3v) is 7.11. The number of ether oxygens (including phenoxy) is 3. The molecule has 2 aliphatic heterocycles. The smallest absolute Gasteiger partial charge is 0.268 e. The van der Waals surface area contributed by atoms with E-state index in [1.54, 1.807) is 24.5 Å². The number of halogens is 3. The van der Waals surface area contributed by atoms with Crippen LogP contribution in [0.15, 0.2) is 42.2 Å². The molecular formula is C24H18F3NO3. The lowest BCUT2D eigenvalue weighted by atomic mass is 9.59. The van der Waals surface area contributed by atoms with Crippen molar-refractivity contribution in [2.45, 2.75) is 36.7 Å². The molecule has 2 heterocycles. The van der Waals surface area contributed by atoms with Gasteiger partial charge in [0.05, 0.1) is 25.0 Å². The molecular weight excluding hydrogens is 407 g/mol. The van der Waals surface area contributed by atoms with Crippen LogP contribution in [0.4, 0.5) is 13.2 Å². The summed E-state index contributed by atoms with van der Waals surface area (Å²) >= 11 is 0. The molecule has 0 aromatic heterocycles. The molecule has 4 nitrogen and oxygen atoms in total. The number of benzene rings is 2. The Bertz CT molecular complexity index is 1160. The molecule has 2 fully saturated rings. The molecule has 3 atom stereocenters.